The summed E-state index contributed by atoms with van der Waals surface area (Å²) in [5, 5.41) is 8.87. The molecule has 94 valence electrons. The van der Waals surface area contributed by atoms with Crippen molar-refractivity contribution < 1.29 is 0 Å². The van der Waals surface area contributed by atoms with Crippen LogP contribution < -0.4 is 10.6 Å². The Kier molecular flexibility index (Phi) is 4.45. The van der Waals surface area contributed by atoms with E-state index in [0.29, 0.717) is 6.04 Å². The first-order valence-corrected chi connectivity index (χ1v) is 7.64. The lowest BCUT2D eigenvalue weighted by Crippen LogP contribution is -2.39. The van der Waals surface area contributed by atoms with E-state index in [1.54, 1.807) is 11.3 Å². The summed E-state index contributed by atoms with van der Waals surface area (Å²) < 4.78 is 1.16. The molecule has 5 heteroatoms. The van der Waals surface area contributed by atoms with Crippen LogP contribution >= 0.6 is 27.3 Å². The summed E-state index contributed by atoms with van der Waals surface area (Å²) in [7, 11) is 0. The van der Waals surface area contributed by atoms with E-state index >= 15 is 0 Å². The Bertz CT molecular complexity index is 402. The molecule has 1 aromatic rings. The van der Waals surface area contributed by atoms with Crippen LogP contribution in [0.3, 0.4) is 0 Å². The SMILES string of the molecule is CCNC(=NCc1csc(Br)c1)NC1CC1C. The molecule has 0 bridgehead atoms. The number of thiophene rings is 1. The van der Waals surface area contributed by atoms with Gasteiger partial charge in [0.1, 0.15) is 0 Å². The fourth-order valence-corrected chi connectivity index (χ4v) is 2.82. The van der Waals surface area contributed by atoms with Gasteiger partial charge in [-0.2, -0.15) is 0 Å². The van der Waals surface area contributed by atoms with Crippen molar-refractivity contribution in [1.29, 1.82) is 0 Å². The third-order valence-electron chi connectivity index (χ3n) is 2.82. The molecule has 2 unspecified atom stereocenters. The van der Waals surface area contributed by atoms with Gasteiger partial charge in [0.15, 0.2) is 5.96 Å². The van der Waals surface area contributed by atoms with Crippen LogP contribution in [-0.4, -0.2) is 18.5 Å². The molecule has 0 aromatic carbocycles. The Hall–Kier alpha value is -0.550. The summed E-state index contributed by atoms with van der Waals surface area (Å²) >= 11 is 5.17. The van der Waals surface area contributed by atoms with Crippen LogP contribution in [0.4, 0.5) is 0 Å². The van der Waals surface area contributed by atoms with E-state index in [4.69, 9.17) is 0 Å². The molecular weight excluding hydrogens is 298 g/mol. The van der Waals surface area contributed by atoms with Crippen LogP contribution in [0.5, 0.6) is 0 Å². The zero-order valence-electron chi connectivity index (χ0n) is 10.2. The van der Waals surface area contributed by atoms with Gasteiger partial charge in [-0.15, -0.1) is 11.3 Å². The minimum atomic E-state index is 0.613. The molecule has 1 fully saturated rings. The van der Waals surface area contributed by atoms with Crippen LogP contribution in [0.2, 0.25) is 0 Å². The molecule has 2 atom stereocenters. The lowest BCUT2D eigenvalue weighted by Gasteiger charge is -2.10. The molecule has 0 saturated heterocycles. The summed E-state index contributed by atoms with van der Waals surface area (Å²) in [6.45, 7) is 5.99. The maximum absolute atomic E-state index is 4.59. The Morgan fingerprint density at radius 1 is 1.65 bits per heavy atom. The van der Waals surface area contributed by atoms with Crippen LogP contribution in [0.1, 0.15) is 25.8 Å². The van der Waals surface area contributed by atoms with Gasteiger partial charge in [0, 0.05) is 12.6 Å². The number of aliphatic imine (C=N–C) groups is 1. The number of rotatable bonds is 4. The molecule has 3 nitrogen and oxygen atoms in total. The second-order valence-corrected chi connectivity index (χ2v) is 6.71. The molecule has 0 aliphatic heterocycles. The van der Waals surface area contributed by atoms with E-state index in [0.717, 1.165) is 28.8 Å². The number of halogens is 1. The van der Waals surface area contributed by atoms with Gasteiger partial charge in [0.25, 0.3) is 0 Å². The van der Waals surface area contributed by atoms with E-state index in [-0.39, 0.29) is 0 Å². The number of hydrogen-bond donors (Lipinski definition) is 2. The van der Waals surface area contributed by atoms with Gasteiger partial charge in [0.05, 0.1) is 10.3 Å². The van der Waals surface area contributed by atoms with Crippen molar-refractivity contribution in [3.05, 3.63) is 20.8 Å². The molecule has 1 aromatic heterocycles. The monoisotopic (exact) mass is 315 g/mol. The van der Waals surface area contributed by atoms with E-state index in [2.05, 4.69) is 56.8 Å². The predicted molar refractivity (Wildman–Crippen MR) is 77.5 cm³/mol. The van der Waals surface area contributed by atoms with Crippen LogP contribution in [-0.2, 0) is 6.54 Å². The molecule has 2 N–H and O–H groups in total. The van der Waals surface area contributed by atoms with Gasteiger partial charge in [-0.25, -0.2) is 4.99 Å². The van der Waals surface area contributed by atoms with Crippen molar-refractivity contribution in [2.75, 3.05) is 6.54 Å². The Morgan fingerprint density at radius 2 is 2.41 bits per heavy atom. The summed E-state index contributed by atoms with van der Waals surface area (Å²) in [6.07, 6.45) is 1.26. The van der Waals surface area contributed by atoms with E-state index < -0.39 is 0 Å². The number of nitrogens with one attached hydrogen (secondary N) is 2. The molecule has 1 saturated carbocycles. The van der Waals surface area contributed by atoms with Crippen molar-refractivity contribution >= 4 is 33.2 Å². The molecular formula is C12H18BrN3S. The van der Waals surface area contributed by atoms with Crippen LogP contribution in [0, 0.1) is 5.92 Å². The highest BCUT2D eigenvalue weighted by molar-refractivity contribution is 9.11. The van der Waals surface area contributed by atoms with Gasteiger partial charge in [-0.3, -0.25) is 0 Å². The summed E-state index contributed by atoms with van der Waals surface area (Å²) in [6, 6.07) is 2.74. The van der Waals surface area contributed by atoms with Crippen molar-refractivity contribution in [3.8, 4) is 0 Å². The number of hydrogen-bond acceptors (Lipinski definition) is 2. The Balaban J connectivity index is 1.90. The van der Waals surface area contributed by atoms with Gasteiger partial charge >= 0.3 is 0 Å². The molecule has 1 heterocycles. The molecule has 17 heavy (non-hydrogen) atoms. The third kappa shape index (κ3) is 4.00. The number of nitrogens with zero attached hydrogens (tertiary/aromatic N) is 1. The fraction of sp³-hybridized carbons (Fsp3) is 0.583. The van der Waals surface area contributed by atoms with Crippen molar-refractivity contribution in [2.24, 2.45) is 10.9 Å². The molecule has 0 radical (unpaired) electrons. The average molecular weight is 316 g/mol. The van der Waals surface area contributed by atoms with E-state index in [1.165, 1.54) is 12.0 Å². The van der Waals surface area contributed by atoms with Crippen LogP contribution in [0.25, 0.3) is 0 Å². The average Bonchev–Trinajstić information content (AvgIpc) is 2.81. The zero-order valence-corrected chi connectivity index (χ0v) is 12.6. The van der Waals surface area contributed by atoms with Gasteiger partial charge in [-0.05, 0) is 52.2 Å². The first kappa shape index (κ1) is 12.9. The fourth-order valence-electron chi connectivity index (χ4n) is 1.62. The third-order valence-corrected chi connectivity index (χ3v) is 4.37. The Morgan fingerprint density at radius 3 is 2.94 bits per heavy atom. The van der Waals surface area contributed by atoms with Gasteiger partial charge < -0.3 is 10.6 Å². The van der Waals surface area contributed by atoms with E-state index in [9.17, 15) is 0 Å². The molecule has 1 aliphatic carbocycles. The highest BCUT2D eigenvalue weighted by Gasteiger charge is 2.33. The highest BCUT2D eigenvalue weighted by atomic mass is 79.9. The summed E-state index contributed by atoms with van der Waals surface area (Å²) in [5.41, 5.74) is 1.25. The summed E-state index contributed by atoms with van der Waals surface area (Å²) in [4.78, 5) is 4.59. The van der Waals surface area contributed by atoms with Crippen molar-refractivity contribution in [1.82, 2.24) is 10.6 Å². The standard InChI is InChI=1S/C12H18BrN3S/c1-3-14-12(16-10-4-8(10)2)15-6-9-5-11(13)17-7-9/h5,7-8,10H,3-4,6H2,1-2H3,(H2,14,15,16). The first-order valence-electron chi connectivity index (χ1n) is 5.96. The van der Waals surface area contributed by atoms with Gasteiger partial charge in [0.2, 0.25) is 0 Å². The second kappa shape index (κ2) is 5.87. The lowest BCUT2D eigenvalue weighted by atomic mass is 10.3. The topological polar surface area (TPSA) is 36.4 Å². The molecule has 2 rings (SSSR count). The largest absolute Gasteiger partial charge is 0.357 e. The van der Waals surface area contributed by atoms with Gasteiger partial charge in [-0.1, -0.05) is 6.92 Å². The first-order chi connectivity index (χ1) is 8.19. The molecule has 1 aliphatic rings. The van der Waals surface area contributed by atoms with Crippen molar-refractivity contribution in [3.63, 3.8) is 0 Å². The normalized spacial score (nSPS) is 23.6. The lowest BCUT2D eigenvalue weighted by molar-refractivity contribution is 0.766. The maximum atomic E-state index is 4.59. The van der Waals surface area contributed by atoms with Crippen molar-refractivity contribution in [2.45, 2.75) is 32.9 Å². The second-order valence-electron chi connectivity index (χ2n) is 4.42. The minimum Gasteiger partial charge on any atom is -0.357 e. The minimum absolute atomic E-state index is 0.613. The zero-order chi connectivity index (χ0) is 12.3. The quantitative estimate of drug-likeness (QED) is 0.662. The molecule has 0 amide bonds. The number of guanidine groups is 1. The predicted octanol–water partition coefficient (Wildman–Crippen LogP) is 2.97. The smallest absolute Gasteiger partial charge is 0.191 e. The highest BCUT2D eigenvalue weighted by Crippen LogP contribution is 2.28. The van der Waals surface area contributed by atoms with Crippen LogP contribution in [0.15, 0.2) is 20.2 Å². The maximum Gasteiger partial charge on any atom is 0.191 e. The van der Waals surface area contributed by atoms with E-state index in [1.807, 2.05) is 0 Å². The Labute approximate surface area is 115 Å². The summed E-state index contributed by atoms with van der Waals surface area (Å²) in [5.74, 6) is 1.72. The molecule has 0 spiro atoms.